The molecular formula is C21H19ClN2O3S. The van der Waals surface area contributed by atoms with Crippen LogP contribution in [0.15, 0.2) is 82.8 Å². The Kier molecular flexibility index (Phi) is 6.34. The van der Waals surface area contributed by atoms with E-state index in [4.69, 9.17) is 16.3 Å². The van der Waals surface area contributed by atoms with Gasteiger partial charge < -0.3 is 4.74 Å². The number of rotatable bonds is 7. The van der Waals surface area contributed by atoms with E-state index in [0.717, 1.165) is 16.7 Å². The minimum atomic E-state index is -3.68. The Labute approximate surface area is 169 Å². The van der Waals surface area contributed by atoms with Gasteiger partial charge in [-0.2, -0.15) is 13.5 Å². The maximum Gasteiger partial charge on any atom is 0.276 e. The summed E-state index contributed by atoms with van der Waals surface area (Å²) in [6.07, 6.45) is 1.44. The molecule has 0 fully saturated rings. The van der Waals surface area contributed by atoms with Crippen LogP contribution >= 0.6 is 11.6 Å². The van der Waals surface area contributed by atoms with E-state index < -0.39 is 10.0 Å². The van der Waals surface area contributed by atoms with Gasteiger partial charge in [0, 0.05) is 5.02 Å². The summed E-state index contributed by atoms with van der Waals surface area (Å²) in [7, 11) is -3.68. The van der Waals surface area contributed by atoms with Crippen LogP contribution in [0, 0.1) is 6.92 Å². The first-order chi connectivity index (χ1) is 13.4. The monoisotopic (exact) mass is 414 g/mol. The summed E-state index contributed by atoms with van der Waals surface area (Å²) in [5, 5.41) is 4.51. The highest BCUT2D eigenvalue weighted by atomic mass is 35.5. The van der Waals surface area contributed by atoms with Crippen LogP contribution in [0.4, 0.5) is 0 Å². The average Bonchev–Trinajstić information content (AvgIpc) is 2.69. The average molecular weight is 415 g/mol. The molecule has 7 heteroatoms. The van der Waals surface area contributed by atoms with E-state index in [1.807, 2.05) is 31.2 Å². The summed E-state index contributed by atoms with van der Waals surface area (Å²) in [5.41, 5.74) is 2.74. The van der Waals surface area contributed by atoms with Gasteiger partial charge in [0.2, 0.25) is 0 Å². The molecule has 0 saturated carbocycles. The van der Waals surface area contributed by atoms with E-state index in [1.54, 1.807) is 48.5 Å². The molecule has 3 aromatic rings. The standard InChI is InChI=1S/C21H19ClN2O3S/c1-16-2-12-21(13-3-16)28(25,26)24-23-14-17-6-10-20(11-7-17)27-15-18-4-8-19(22)9-5-18/h2-14,24H,15H2,1H3. The van der Waals surface area contributed by atoms with Gasteiger partial charge in [-0.1, -0.05) is 41.4 Å². The van der Waals surface area contributed by atoms with Gasteiger partial charge in [0.1, 0.15) is 12.4 Å². The second-order valence-corrected chi connectivity index (χ2v) is 8.25. The van der Waals surface area contributed by atoms with Crippen LogP contribution in [-0.4, -0.2) is 14.6 Å². The Morgan fingerprint density at radius 3 is 2.25 bits per heavy atom. The number of halogens is 1. The van der Waals surface area contributed by atoms with Crippen molar-refractivity contribution < 1.29 is 13.2 Å². The summed E-state index contributed by atoms with van der Waals surface area (Å²) >= 11 is 5.86. The van der Waals surface area contributed by atoms with Crippen LogP contribution in [0.2, 0.25) is 5.02 Å². The fourth-order valence-corrected chi connectivity index (χ4v) is 3.26. The molecule has 1 N–H and O–H groups in total. The lowest BCUT2D eigenvalue weighted by Crippen LogP contribution is -2.18. The molecule has 0 aromatic heterocycles. The molecule has 0 spiro atoms. The first kappa shape index (κ1) is 19.9. The molecule has 0 aliphatic rings. The normalized spacial score (nSPS) is 11.5. The topological polar surface area (TPSA) is 67.8 Å². The van der Waals surface area contributed by atoms with E-state index in [-0.39, 0.29) is 4.90 Å². The summed E-state index contributed by atoms with van der Waals surface area (Å²) < 4.78 is 30.1. The van der Waals surface area contributed by atoms with Crippen molar-refractivity contribution in [3.8, 4) is 5.75 Å². The van der Waals surface area contributed by atoms with Gasteiger partial charge in [-0.25, -0.2) is 4.83 Å². The summed E-state index contributed by atoms with van der Waals surface area (Å²) in [6, 6.07) is 21.2. The van der Waals surface area contributed by atoms with Gasteiger partial charge in [0.15, 0.2) is 0 Å². The highest BCUT2D eigenvalue weighted by Gasteiger charge is 2.11. The van der Waals surface area contributed by atoms with Crippen LogP contribution in [0.3, 0.4) is 0 Å². The molecule has 3 rings (SSSR count). The predicted molar refractivity (Wildman–Crippen MR) is 111 cm³/mol. The number of aryl methyl sites for hydroxylation is 1. The zero-order valence-corrected chi connectivity index (χ0v) is 16.7. The van der Waals surface area contributed by atoms with E-state index in [2.05, 4.69) is 9.93 Å². The number of ether oxygens (including phenoxy) is 1. The van der Waals surface area contributed by atoms with Crippen molar-refractivity contribution in [1.82, 2.24) is 4.83 Å². The van der Waals surface area contributed by atoms with E-state index in [9.17, 15) is 8.42 Å². The second-order valence-electron chi connectivity index (χ2n) is 6.15. The number of nitrogens with one attached hydrogen (secondary N) is 1. The van der Waals surface area contributed by atoms with Crippen LogP contribution in [0.25, 0.3) is 0 Å². The molecule has 144 valence electrons. The highest BCUT2D eigenvalue weighted by Crippen LogP contribution is 2.15. The van der Waals surface area contributed by atoms with Crippen molar-refractivity contribution in [2.24, 2.45) is 5.10 Å². The third-order valence-electron chi connectivity index (χ3n) is 3.92. The maximum absolute atomic E-state index is 12.2. The SMILES string of the molecule is Cc1ccc(S(=O)(=O)NN=Cc2ccc(OCc3ccc(Cl)cc3)cc2)cc1. The molecule has 0 saturated heterocycles. The van der Waals surface area contributed by atoms with Crippen LogP contribution in [-0.2, 0) is 16.6 Å². The third kappa shape index (κ3) is 5.58. The molecular weight excluding hydrogens is 396 g/mol. The predicted octanol–water partition coefficient (Wildman–Crippen LogP) is 4.54. The molecule has 0 heterocycles. The molecule has 0 unspecified atom stereocenters. The van der Waals surface area contributed by atoms with Gasteiger partial charge in [-0.15, -0.1) is 0 Å². The second kappa shape index (κ2) is 8.91. The van der Waals surface area contributed by atoms with Crippen molar-refractivity contribution in [1.29, 1.82) is 0 Å². The Hall–Kier alpha value is -2.83. The fourth-order valence-electron chi connectivity index (χ4n) is 2.34. The molecule has 0 radical (unpaired) electrons. The third-order valence-corrected chi connectivity index (χ3v) is 5.41. The lowest BCUT2D eigenvalue weighted by atomic mass is 10.2. The maximum atomic E-state index is 12.2. The minimum Gasteiger partial charge on any atom is -0.489 e. The van der Waals surface area contributed by atoms with E-state index in [1.165, 1.54) is 6.21 Å². The molecule has 5 nitrogen and oxygen atoms in total. The van der Waals surface area contributed by atoms with E-state index >= 15 is 0 Å². The molecule has 0 amide bonds. The molecule has 28 heavy (non-hydrogen) atoms. The number of hydrogen-bond acceptors (Lipinski definition) is 4. The van der Waals surface area contributed by atoms with Gasteiger partial charge in [-0.3, -0.25) is 0 Å². The number of sulfonamides is 1. The zero-order valence-electron chi connectivity index (χ0n) is 15.2. The molecule has 0 atom stereocenters. The van der Waals surface area contributed by atoms with E-state index in [0.29, 0.717) is 17.4 Å². The van der Waals surface area contributed by atoms with Crippen LogP contribution in [0.1, 0.15) is 16.7 Å². The van der Waals surface area contributed by atoms with Gasteiger partial charge in [0.05, 0.1) is 11.1 Å². The van der Waals surface area contributed by atoms with Gasteiger partial charge >= 0.3 is 0 Å². The largest absolute Gasteiger partial charge is 0.489 e. The number of benzene rings is 3. The first-order valence-corrected chi connectivity index (χ1v) is 10.4. The van der Waals surface area contributed by atoms with Crippen molar-refractivity contribution in [2.45, 2.75) is 18.4 Å². The van der Waals surface area contributed by atoms with Crippen molar-refractivity contribution in [2.75, 3.05) is 0 Å². The number of hydrogen-bond donors (Lipinski definition) is 1. The fraction of sp³-hybridized carbons (Fsp3) is 0.0952. The van der Waals surface area contributed by atoms with Crippen molar-refractivity contribution in [3.05, 3.63) is 94.5 Å². The van der Waals surface area contributed by atoms with Crippen LogP contribution in [0.5, 0.6) is 5.75 Å². The Morgan fingerprint density at radius 1 is 0.964 bits per heavy atom. The molecule has 0 aliphatic carbocycles. The molecule has 0 bridgehead atoms. The van der Waals surface area contributed by atoms with Crippen LogP contribution < -0.4 is 9.57 Å². The quantitative estimate of drug-likeness (QED) is 0.456. The van der Waals surface area contributed by atoms with Gasteiger partial charge in [0.25, 0.3) is 10.0 Å². The number of nitrogens with zero attached hydrogens (tertiary/aromatic N) is 1. The molecule has 0 aliphatic heterocycles. The summed E-state index contributed by atoms with van der Waals surface area (Å²) in [6.45, 7) is 2.33. The van der Waals surface area contributed by atoms with Crippen molar-refractivity contribution in [3.63, 3.8) is 0 Å². The smallest absolute Gasteiger partial charge is 0.276 e. The minimum absolute atomic E-state index is 0.168. The summed E-state index contributed by atoms with van der Waals surface area (Å²) in [4.78, 5) is 2.38. The summed E-state index contributed by atoms with van der Waals surface area (Å²) in [5.74, 6) is 0.701. The first-order valence-electron chi connectivity index (χ1n) is 8.51. The Bertz CT molecular complexity index is 1050. The number of hydrazone groups is 1. The Balaban J connectivity index is 1.56. The Morgan fingerprint density at radius 2 is 1.61 bits per heavy atom. The lowest BCUT2D eigenvalue weighted by molar-refractivity contribution is 0.306. The zero-order chi connectivity index (χ0) is 20.0. The van der Waals surface area contributed by atoms with Gasteiger partial charge in [-0.05, 0) is 66.6 Å². The molecule has 3 aromatic carbocycles. The lowest BCUT2D eigenvalue weighted by Gasteiger charge is -2.07. The van der Waals surface area contributed by atoms with Crippen molar-refractivity contribution >= 4 is 27.8 Å². The highest BCUT2D eigenvalue weighted by molar-refractivity contribution is 7.89.